The van der Waals surface area contributed by atoms with Gasteiger partial charge in [0.2, 0.25) is 5.91 Å². The van der Waals surface area contributed by atoms with Crippen molar-refractivity contribution in [2.24, 2.45) is 0 Å². The molecule has 26 heavy (non-hydrogen) atoms. The second kappa shape index (κ2) is 7.06. The summed E-state index contributed by atoms with van der Waals surface area (Å²) in [6.45, 7) is 0.403. The number of hydrogen-bond acceptors (Lipinski definition) is 4. The Morgan fingerprint density at radius 3 is 2.92 bits per heavy atom. The minimum Gasteiger partial charge on any atom is -0.457 e. The summed E-state index contributed by atoms with van der Waals surface area (Å²) in [5, 5.41) is 3.84. The van der Waals surface area contributed by atoms with Crippen LogP contribution in [0.15, 0.2) is 77.9 Å². The highest BCUT2D eigenvalue weighted by atomic mass is 16.3. The van der Waals surface area contributed by atoms with Crippen molar-refractivity contribution in [3.63, 3.8) is 0 Å². The predicted molar refractivity (Wildman–Crippen MR) is 98.5 cm³/mol. The van der Waals surface area contributed by atoms with Gasteiger partial charge in [-0.15, -0.1) is 0 Å². The fourth-order valence-electron chi connectivity index (χ4n) is 2.56. The Labute approximate surface area is 149 Å². The van der Waals surface area contributed by atoms with Gasteiger partial charge in [-0.1, -0.05) is 24.3 Å². The first-order valence-corrected chi connectivity index (χ1v) is 8.16. The van der Waals surface area contributed by atoms with Crippen LogP contribution < -0.4 is 5.32 Å². The smallest absolute Gasteiger partial charge is 0.244 e. The molecule has 6 heteroatoms. The summed E-state index contributed by atoms with van der Waals surface area (Å²) < 4.78 is 7.46. The summed E-state index contributed by atoms with van der Waals surface area (Å²) in [6, 6.07) is 13.4. The molecule has 0 saturated carbocycles. The average Bonchev–Trinajstić information content (AvgIpc) is 3.34. The molecule has 0 saturated heterocycles. The van der Waals surface area contributed by atoms with Gasteiger partial charge < -0.3 is 9.73 Å². The quantitative estimate of drug-likeness (QED) is 0.564. The second-order valence-corrected chi connectivity index (χ2v) is 5.73. The molecule has 3 aromatic heterocycles. The Kier molecular flexibility index (Phi) is 4.30. The lowest BCUT2D eigenvalue weighted by atomic mass is 10.2. The molecule has 0 spiro atoms. The van der Waals surface area contributed by atoms with E-state index in [9.17, 15) is 4.79 Å². The van der Waals surface area contributed by atoms with Crippen LogP contribution in [0.3, 0.4) is 0 Å². The number of imidazole rings is 1. The van der Waals surface area contributed by atoms with Crippen LogP contribution >= 0.6 is 0 Å². The zero-order valence-electron chi connectivity index (χ0n) is 13.9. The fourth-order valence-corrected chi connectivity index (χ4v) is 2.56. The van der Waals surface area contributed by atoms with E-state index in [0.29, 0.717) is 12.3 Å². The number of carbonyl (C=O) groups is 1. The molecule has 0 aliphatic carbocycles. The monoisotopic (exact) mass is 344 g/mol. The topological polar surface area (TPSA) is 73.0 Å². The number of pyridine rings is 1. The molecule has 0 bridgehead atoms. The molecule has 0 aliphatic rings. The molecule has 1 amide bonds. The molecule has 1 N–H and O–H groups in total. The molecular formula is C20H16N4O2. The van der Waals surface area contributed by atoms with Crippen LogP contribution in [0.2, 0.25) is 0 Å². The summed E-state index contributed by atoms with van der Waals surface area (Å²) >= 11 is 0. The van der Waals surface area contributed by atoms with Gasteiger partial charge in [0, 0.05) is 36.6 Å². The molecule has 3 heterocycles. The lowest BCUT2D eigenvalue weighted by Crippen LogP contribution is -2.20. The molecule has 0 aliphatic heterocycles. The normalized spacial score (nSPS) is 11.2. The Morgan fingerprint density at radius 1 is 1.23 bits per heavy atom. The molecule has 0 fully saturated rings. The molecule has 4 rings (SSSR count). The second-order valence-electron chi connectivity index (χ2n) is 5.73. The van der Waals surface area contributed by atoms with Crippen LogP contribution in [0.25, 0.3) is 22.9 Å². The lowest BCUT2D eigenvalue weighted by molar-refractivity contribution is -0.116. The molecule has 4 aromatic rings. The van der Waals surface area contributed by atoms with Gasteiger partial charge in [-0.05, 0) is 29.8 Å². The van der Waals surface area contributed by atoms with E-state index in [4.69, 9.17) is 4.42 Å². The highest BCUT2D eigenvalue weighted by molar-refractivity contribution is 5.92. The number of nitrogens with one attached hydrogen (secondary N) is 1. The summed E-state index contributed by atoms with van der Waals surface area (Å²) in [5.41, 5.74) is 1.72. The summed E-state index contributed by atoms with van der Waals surface area (Å²) in [6.07, 6.45) is 10.1. The van der Waals surface area contributed by atoms with Gasteiger partial charge in [0.05, 0.1) is 0 Å². The Bertz CT molecular complexity index is 1010. The third-order valence-electron chi connectivity index (χ3n) is 3.89. The minimum absolute atomic E-state index is 0.191. The first-order chi connectivity index (χ1) is 12.8. The van der Waals surface area contributed by atoms with Crippen LogP contribution in [0.4, 0.5) is 0 Å². The Morgan fingerprint density at radius 2 is 2.15 bits per heavy atom. The fraction of sp³-hybridized carbons (Fsp3) is 0.0500. The molecule has 1 aromatic carbocycles. The number of carbonyl (C=O) groups excluding carboxylic acids is 1. The molecule has 0 radical (unpaired) electrons. The first-order valence-electron chi connectivity index (χ1n) is 8.16. The van der Waals surface area contributed by atoms with Gasteiger partial charge in [0.15, 0.2) is 0 Å². The van der Waals surface area contributed by atoms with E-state index in [1.165, 1.54) is 6.08 Å². The van der Waals surface area contributed by atoms with Crippen LogP contribution in [0.1, 0.15) is 11.3 Å². The van der Waals surface area contributed by atoms with Gasteiger partial charge in [-0.3, -0.25) is 9.36 Å². The number of furan rings is 1. The van der Waals surface area contributed by atoms with E-state index in [0.717, 1.165) is 22.4 Å². The van der Waals surface area contributed by atoms with Crippen molar-refractivity contribution < 1.29 is 9.21 Å². The Balaban J connectivity index is 1.34. The van der Waals surface area contributed by atoms with Crippen molar-refractivity contribution in [1.82, 2.24) is 19.9 Å². The van der Waals surface area contributed by atoms with Crippen molar-refractivity contribution in [3.8, 4) is 5.82 Å². The lowest BCUT2D eigenvalue weighted by Gasteiger charge is -2.04. The number of amides is 1. The number of fused-ring (bicyclic) bond motifs is 1. The van der Waals surface area contributed by atoms with E-state index in [-0.39, 0.29) is 5.91 Å². The van der Waals surface area contributed by atoms with Gasteiger partial charge in [0.25, 0.3) is 0 Å². The summed E-state index contributed by atoms with van der Waals surface area (Å²) in [4.78, 5) is 20.3. The molecule has 0 unspecified atom stereocenters. The highest BCUT2D eigenvalue weighted by Gasteiger charge is 2.02. The Hall–Kier alpha value is -3.67. The van der Waals surface area contributed by atoms with E-state index in [1.807, 2.05) is 53.2 Å². The number of aromatic nitrogens is 3. The van der Waals surface area contributed by atoms with Crippen LogP contribution in [0.5, 0.6) is 0 Å². The third-order valence-corrected chi connectivity index (χ3v) is 3.89. The standard InChI is InChI=1S/C20H16N4O2/c25-20(8-6-17-11-16-3-1-2-4-18(16)26-17)23-13-15-5-7-19(22-12-15)24-10-9-21-14-24/h1-12,14H,13H2,(H,23,25)/b8-6+. The van der Waals surface area contributed by atoms with Gasteiger partial charge >= 0.3 is 0 Å². The number of hydrogen-bond donors (Lipinski definition) is 1. The average molecular weight is 344 g/mol. The largest absolute Gasteiger partial charge is 0.457 e. The zero-order valence-corrected chi connectivity index (χ0v) is 13.9. The summed E-state index contributed by atoms with van der Waals surface area (Å²) in [5.74, 6) is 1.24. The predicted octanol–water partition coefficient (Wildman–Crippen LogP) is 3.34. The maximum absolute atomic E-state index is 12.0. The van der Waals surface area contributed by atoms with Crippen molar-refractivity contribution in [1.29, 1.82) is 0 Å². The van der Waals surface area contributed by atoms with Gasteiger partial charge in [-0.25, -0.2) is 9.97 Å². The van der Waals surface area contributed by atoms with E-state index in [1.54, 1.807) is 24.8 Å². The van der Waals surface area contributed by atoms with Crippen molar-refractivity contribution in [2.75, 3.05) is 0 Å². The van der Waals surface area contributed by atoms with Crippen LogP contribution in [-0.2, 0) is 11.3 Å². The third kappa shape index (κ3) is 3.54. The molecular weight excluding hydrogens is 328 g/mol. The number of rotatable bonds is 5. The zero-order chi connectivity index (χ0) is 17.8. The number of para-hydroxylation sites is 1. The maximum Gasteiger partial charge on any atom is 0.244 e. The van der Waals surface area contributed by atoms with Crippen molar-refractivity contribution >= 4 is 23.0 Å². The van der Waals surface area contributed by atoms with Crippen molar-refractivity contribution in [3.05, 3.63) is 84.8 Å². The first kappa shape index (κ1) is 15.8. The maximum atomic E-state index is 12.0. The highest BCUT2D eigenvalue weighted by Crippen LogP contribution is 2.19. The minimum atomic E-state index is -0.191. The van der Waals surface area contributed by atoms with E-state index < -0.39 is 0 Å². The van der Waals surface area contributed by atoms with Gasteiger partial charge in [-0.2, -0.15) is 0 Å². The van der Waals surface area contributed by atoms with Gasteiger partial charge in [0.1, 0.15) is 23.5 Å². The van der Waals surface area contributed by atoms with E-state index in [2.05, 4.69) is 15.3 Å². The molecule has 128 valence electrons. The van der Waals surface area contributed by atoms with Crippen molar-refractivity contribution in [2.45, 2.75) is 6.54 Å². The molecule has 0 atom stereocenters. The van der Waals surface area contributed by atoms with E-state index >= 15 is 0 Å². The SMILES string of the molecule is O=C(/C=C/c1cc2ccccc2o1)NCc1ccc(-n2ccnc2)nc1. The van der Waals surface area contributed by atoms with Crippen LogP contribution in [-0.4, -0.2) is 20.4 Å². The summed E-state index contributed by atoms with van der Waals surface area (Å²) in [7, 11) is 0. The number of benzene rings is 1. The molecule has 6 nitrogen and oxygen atoms in total. The van der Waals surface area contributed by atoms with Crippen LogP contribution in [0, 0.1) is 0 Å². The number of nitrogens with zero attached hydrogens (tertiary/aromatic N) is 3.